The smallest absolute Gasteiger partial charge is 0.251 e. The summed E-state index contributed by atoms with van der Waals surface area (Å²) in [6, 6.07) is 19.1. The molecule has 0 fully saturated rings. The number of anilines is 3. The molecule has 0 N–H and O–H groups in total. The molecule has 0 atom stereocenters. The fraction of sp³-hybridized carbons (Fsp3) is 0.208. The minimum Gasteiger partial charge on any atom is -0.309 e. The minimum atomic E-state index is -0.114. The van der Waals surface area contributed by atoms with Gasteiger partial charge in [0.15, 0.2) is 5.13 Å². The van der Waals surface area contributed by atoms with E-state index in [9.17, 15) is 9.59 Å². The number of benzene rings is 2. The van der Waals surface area contributed by atoms with Gasteiger partial charge in [0.05, 0.1) is 11.4 Å². The van der Waals surface area contributed by atoms with Crippen molar-refractivity contribution in [2.75, 3.05) is 16.3 Å². The van der Waals surface area contributed by atoms with Crippen LogP contribution in [0.2, 0.25) is 0 Å². The molecule has 0 saturated carbocycles. The standard InChI is InChI=1S/C24H25N3O2S/c1-3-4-17-26(21-11-7-5-8-12-21)23(29)16-15-20-18-30-24(25-20)27(19(2)28)22-13-9-6-10-14-22/h5-16,18H,3-4,17H2,1-2H3/b16-15+. The Hall–Kier alpha value is -3.25. The average Bonchev–Trinajstić information content (AvgIpc) is 3.22. The van der Waals surface area contributed by atoms with E-state index in [1.807, 2.05) is 66.0 Å². The Kier molecular flexibility index (Phi) is 7.51. The van der Waals surface area contributed by atoms with Crippen molar-refractivity contribution >= 4 is 45.7 Å². The molecule has 5 nitrogen and oxygen atoms in total. The van der Waals surface area contributed by atoms with Crippen molar-refractivity contribution in [2.24, 2.45) is 0 Å². The van der Waals surface area contributed by atoms with Crippen LogP contribution in [-0.2, 0) is 9.59 Å². The number of aromatic nitrogens is 1. The van der Waals surface area contributed by atoms with Gasteiger partial charge in [-0.25, -0.2) is 4.98 Å². The van der Waals surface area contributed by atoms with Gasteiger partial charge in [0.2, 0.25) is 5.91 Å². The van der Waals surface area contributed by atoms with Crippen LogP contribution in [0.5, 0.6) is 0 Å². The maximum Gasteiger partial charge on any atom is 0.251 e. The predicted octanol–water partition coefficient (Wildman–Crippen LogP) is 5.67. The second-order valence-electron chi connectivity index (χ2n) is 6.76. The fourth-order valence-electron chi connectivity index (χ4n) is 3.00. The Labute approximate surface area is 181 Å². The topological polar surface area (TPSA) is 53.5 Å². The van der Waals surface area contributed by atoms with Gasteiger partial charge < -0.3 is 4.90 Å². The van der Waals surface area contributed by atoms with Crippen molar-refractivity contribution < 1.29 is 9.59 Å². The molecule has 2 aromatic carbocycles. The van der Waals surface area contributed by atoms with Gasteiger partial charge in [-0.05, 0) is 36.8 Å². The van der Waals surface area contributed by atoms with Crippen LogP contribution >= 0.6 is 11.3 Å². The van der Waals surface area contributed by atoms with Crippen molar-refractivity contribution in [1.29, 1.82) is 0 Å². The lowest BCUT2D eigenvalue weighted by atomic mass is 10.2. The van der Waals surface area contributed by atoms with Crippen molar-refractivity contribution in [3.05, 3.63) is 77.8 Å². The van der Waals surface area contributed by atoms with E-state index in [4.69, 9.17) is 0 Å². The third-order valence-electron chi connectivity index (χ3n) is 4.50. The molecular weight excluding hydrogens is 394 g/mol. The average molecular weight is 420 g/mol. The van der Waals surface area contributed by atoms with Crippen LogP contribution in [0, 0.1) is 0 Å². The first-order valence-corrected chi connectivity index (χ1v) is 10.8. The molecule has 1 heterocycles. The molecule has 2 amide bonds. The molecule has 3 aromatic rings. The van der Waals surface area contributed by atoms with E-state index in [0.29, 0.717) is 17.4 Å². The molecule has 3 rings (SSSR count). The Bertz CT molecular complexity index is 1000. The lowest BCUT2D eigenvalue weighted by molar-refractivity contribution is -0.116. The van der Waals surface area contributed by atoms with Crippen LogP contribution in [0.25, 0.3) is 6.08 Å². The molecule has 154 valence electrons. The number of unbranched alkanes of at least 4 members (excludes halogenated alkanes) is 1. The van der Waals surface area contributed by atoms with E-state index in [0.717, 1.165) is 24.2 Å². The van der Waals surface area contributed by atoms with Crippen LogP contribution in [0.1, 0.15) is 32.4 Å². The van der Waals surface area contributed by atoms with Crippen molar-refractivity contribution in [3.63, 3.8) is 0 Å². The number of hydrogen-bond donors (Lipinski definition) is 0. The van der Waals surface area contributed by atoms with E-state index < -0.39 is 0 Å². The number of para-hydroxylation sites is 2. The summed E-state index contributed by atoms with van der Waals surface area (Å²) in [6.45, 7) is 4.28. The Balaban J connectivity index is 1.78. The quantitative estimate of drug-likeness (QED) is 0.442. The normalized spacial score (nSPS) is 10.9. The zero-order valence-electron chi connectivity index (χ0n) is 17.2. The van der Waals surface area contributed by atoms with Crippen LogP contribution in [0.15, 0.2) is 72.1 Å². The molecule has 1 aromatic heterocycles. The van der Waals surface area contributed by atoms with Crippen LogP contribution < -0.4 is 9.80 Å². The Morgan fingerprint density at radius 3 is 2.23 bits per heavy atom. The van der Waals surface area contributed by atoms with E-state index in [1.165, 1.54) is 18.3 Å². The summed E-state index contributed by atoms with van der Waals surface area (Å²) < 4.78 is 0. The third-order valence-corrected chi connectivity index (χ3v) is 5.34. The van der Waals surface area contributed by atoms with Crippen LogP contribution in [0.3, 0.4) is 0 Å². The Morgan fingerprint density at radius 1 is 1.00 bits per heavy atom. The molecular formula is C24H25N3O2S. The van der Waals surface area contributed by atoms with E-state index >= 15 is 0 Å². The minimum absolute atomic E-state index is 0.0873. The summed E-state index contributed by atoms with van der Waals surface area (Å²) in [5.41, 5.74) is 2.29. The summed E-state index contributed by atoms with van der Waals surface area (Å²) in [7, 11) is 0. The number of rotatable bonds is 8. The molecule has 0 aliphatic rings. The first kappa shape index (κ1) is 21.5. The highest BCUT2D eigenvalue weighted by Crippen LogP contribution is 2.29. The summed E-state index contributed by atoms with van der Waals surface area (Å²) >= 11 is 1.37. The van der Waals surface area contributed by atoms with Gasteiger partial charge in [0.25, 0.3) is 5.91 Å². The number of carbonyl (C=O) groups is 2. The summed E-state index contributed by atoms with van der Waals surface area (Å²) in [4.78, 5) is 32.9. The van der Waals surface area contributed by atoms with Crippen molar-refractivity contribution in [3.8, 4) is 0 Å². The molecule has 6 heteroatoms. The second kappa shape index (κ2) is 10.5. The number of thiazole rings is 1. The molecule has 0 spiro atoms. The second-order valence-corrected chi connectivity index (χ2v) is 7.59. The number of carbonyl (C=O) groups excluding carboxylic acids is 2. The van der Waals surface area contributed by atoms with Crippen LogP contribution in [-0.4, -0.2) is 23.3 Å². The number of amides is 2. The molecule has 30 heavy (non-hydrogen) atoms. The number of hydrogen-bond acceptors (Lipinski definition) is 4. The molecule has 0 aliphatic heterocycles. The van der Waals surface area contributed by atoms with Gasteiger partial charge in [0, 0.05) is 30.6 Å². The molecule has 0 radical (unpaired) electrons. The fourth-order valence-corrected chi connectivity index (χ4v) is 3.85. The molecule has 0 bridgehead atoms. The zero-order valence-corrected chi connectivity index (χ0v) is 18.0. The van der Waals surface area contributed by atoms with E-state index in [-0.39, 0.29) is 11.8 Å². The largest absolute Gasteiger partial charge is 0.309 e. The highest BCUT2D eigenvalue weighted by Gasteiger charge is 2.17. The van der Waals surface area contributed by atoms with Crippen molar-refractivity contribution in [2.45, 2.75) is 26.7 Å². The summed E-state index contributed by atoms with van der Waals surface area (Å²) in [6.07, 6.45) is 5.19. The highest BCUT2D eigenvalue weighted by atomic mass is 32.1. The van der Waals surface area contributed by atoms with Crippen molar-refractivity contribution in [1.82, 2.24) is 4.98 Å². The lowest BCUT2D eigenvalue weighted by Gasteiger charge is -2.21. The lowest BCUT2D eigenvalue weighted by Crippen LogP contribution is -2.30. The molecule has 0 unspecified atom stereocenters. The van der Waals surface area contributed by atoms with Gasteiger partial charge in [0.1, 0.15) is 0 Å². The predicted molar refractivity (Wildman–Crippen MR) is 124 cm³/mol. The third kappa shape index (κ3) is 5.42. The molecule has 0 aliphatic carbocycles. The molecule has 0 saturated heterocycles. The van der Waals surface area contributed by atoms with E-state index in [1.54, 1.807) is 22.0 Å². The Morgan fingerprint density at radius 2 is 1.63 bits per heavy atom. The number of nitrogens with zero attached hydrogens (tertiary/aromatic N) is 3. The van der Waals surface area contributed by atoms with Gasteiger partial charge in [-0.2, -0.15) is 0 Å². The first-order valence-electron chi connectivity index (χ1n) is 9.96. The van der Waals surface area contributed by atoms with Gasteiger partial charge in [-0.15, -0.1) is 11.3 Å². The maximum absolute atomic E-state index is 12.8. The summed E-state index contributed by atoms with van der Waals surface area (Å²) in [5.74, 6) is -0.201. The SMILES string of the molecule is CCCCN(C(=O)/C=C/c1csc(N(C(C)=O)c2ccccc2)n1)c1ccccc1. The van der Waals surface area contributed by atoms with Crippen LogP contribution in [0.4, 0.5) is 16.5 Å². The van der Waals surface area contributed by atoms with Gasteiger partial charge in [-0.1, -0.05) is 49.7 Å². The van der Waals surface area contributed by atoms with Gasteiger partial charge in [-0.3, -0.25) is 14.5 Å². The summed E-state index contributed by atoms with van der Waals surface area (Å²) in [5, 5.41) is 2.42. The monoisotopic (exact) mass is 419 g/mol. The van der Waals surface area contributed by atoms with E-state index in [2.05, 4.69) is 11.9 Å². The first-order chi connectivity index (χ1) is 14.6. The maximum atomic E-state index is 12.8. The van der Waals surface area contributed by atoms with Gasteiger partial charge >= 0.3 is 0 Å². The zero-order chi connectivity index (χ0) is 21.3. The highest BCUT2D eigenvalue weighted by molar-refractivity contribution is 7.14.